The van der Waals surface area contributed by atoms with Gasteiger partial charge >= 0.3 is 0 Å². The highest BCUT2D eigenvalue weighted by molar-refractivity contribution is 6.01. The first-order chi connectivity index (χ1) is 11.0. The number of non-ortho nitro benzene ring substituents is 1. The van der Waals surface area contributed by atoms with Crippen molar-refractivity contribution < 1.29 is 9.72 Å². The van der Waals surface area contributed by atoms with Crippen molar-refractivity contribution in [2.75, 3.05) is 16.8 Å². The first kappa shape index (κ1) is 15.0. The van der Waals surface area contributed by atoms with Crippen molar-refractivity contribution in [3.63, 3.8) is 0 Å². The molecule has 6 heteroatoms. The van der Waals surface area contributed by atoms with E-state index in [1.165, 1.54) is 12.1 Å². The molecule has 0 saturated carbocycles. The van der Waals surface area contributed by atoms with Crippen LogP contribution in [0.5, 0.6) is 0 Å². The zero-order valence-corrected chi connectivity index (χ0v) is 12.7. The lowest BCUT2D eigenvalue weighted by molar-refractivity contribution is -0.384. The Kier molecular flexibility index (Phi) is 3.97. The highest BCUT2D eigenvalue weighted by Gasteiger charge is 2.32. The lowest BCUT2D eigenvalue weighted by Gasteiger charge is -2.18. The van der Waals surface area contributed by atoms with E-state index in [1.54, 1.807) is 17.0 Å². The predicted octanol–water partition coefficient (Wildman–Crippen LogP) is 3.12. The Bertz CT molecular complexity index is 726. The summed E-state index contributed by atoms with van der Waals surface area (Å²) in [6.45, 7) is 2.67. The molecule has 118 valence electrons. The van der Waals surface area contributed by atoms with E-state index in [0.717, 1.165) is 11.3 Å². The van der Waals surface area contributed by atoms with E-state index < -0.39 is 4.92 Å². The predicted molar refractivity (Wildman–Crippen MR) is 88.7 cm³/mol. The third-order valence-electron chi connectivity index (χ3n) is 3.97. The van der Waals surface area contributed by atoms with Gasteiger partial charge in [0.15, 0.2) is 0 Å². The van der Waals surface area contributed by atoms with Crippen LogP contribution in [0, 0.1) is 17.0 Å². The number of hydrogen-bond acceptors (Lipinski definition) is 4. The van der Waals surface area contributed by atoms with Crippen LogP contribution in [0.15, 0.2) is 48.5 Å². The van der Waals surface area contributed by atoms with Crippen molar-refractivity contribution in [3.05, 3.63) is 64.2 Å². The minimum absolute atomic E-state index is 0.0206. The minimum Gasteiger partial charge on any atom is -0.374 e. The Labute approximate surface area is 133 Å². The van der Waals surface area contributed by atoms with Crippen LogP contribution < -0.4 is 10.2 Å². The molecule has 2 aromatic rings. The molecule has 1 amide bonds. The molecule has 1 heterocycles. The third-order valence-corrected chi connectivity index (χ3v) is 3.97. The van der Waals surface area contributed by atoms with E-state index in [-0.39, 0.29) is 17.6 Å². The standard InChI is InChI=1S/C17H17N3O3/c1-12-2-6-14(7-3-12)19-11-10-16(17(19)21)18-13-4-8-15(9-5-13)20(22)23/h2-9,16,18H,10-11H2,1H3. The molecule has 0 spiro atoms. The van der Waals surface area contributed by atoms with E-state index in [0.29, 0.717) is 18.7 Å². The van der Waals surface area contributed by atoms with Gasteiger partial charge in [0.25, 0.3) is 5.69 Å². The summed E-state index contributed by atoms with van der Waals surface area (Å²) in [5.74, 6) is 0.0206. The fraction of sp³-hybridized carbons (Fsp3) is 0.235. The van der Waals surface area contributed by atoms with Crippen LogP contribution in [0.4, 0.5) is 17.1 Å². The van der Waals surface area contributed by atoms with Gasteiger partial charge in [-0.15, -0.1) is 0 Å². The Hall–Kier alpha value is -2.89. The van der Waals surface area contributed by atoms with Crippen molar-refractivity contribution in [2.24, 2.45) is 0 Å². The second-order valence-electron chi connectivity index (χ2n) is 5.62. The summed E-state index contributed by atoms with van der Waals surface area (Å²) in [6, 6.07) is 13.7. The summed E-state index contributed by atoms with van der Waals surface area (Å²) in [7, 11) is 0. The van der Waals surface area contributed by atoms with Crippen molar-refractivity contribution in [1.29, 1.82) is 0 Å². The highest BCUT2D eigenvalue weighted by atomic mass is 16.6. The molecular formula is C17H17N3O3. The van der Waals surface area contributed by atoms with Gasteiger partial charge in [0.1, 0.15) is 6.04 Å². The average Bonchev–Trinajstić information content (AvgIpc) is 2.90. The van der Waals surface area contributed by atoms with Crippen molar-refractivity contribution in [1.82, 2.24) is 0 Å². The Balaban J connectivity index is 1.69. The van der Waals surface area contributed by atoms with Crippen LogP contribution in [-0.2, 0) is 4.79 Å². The smallest absolute Gasteiger partial charge is 0.269 e. The lowest BCUT2D eigenvalue weighted by Crippen LogP contribution is -2.33. The van der Waals surface area contributed by atoms with Crippen molar-refractivity contribution in [3.8, 4) is 0 Å². The van der Waals surface area contributed by atoms with E-state index in [4.69, 9.17) is 0 Å². The zero-order valence-electron chi connectivity index (χ0n) is 12.7. The van der Waals surface area contributed by atoms with Crippen molar-refractivity contribution in [2.45, 2.75) is 19.4 Å². The van der Waals surface area contributed by atoms with Gasteiger partial charge in [0, 0.05) is 30.1 Å². The van der Waals surface area contributed by atoms with Crippen LogP contribution in [0.2, 0.25) is 0 Å². The molecule has 2 aromatic carbocycles. The molecule has 1 aliphatic heterocycles. The van der Waals surface area contributed by atoms with Gasteiger partial charge in [-0.1, -0.05) is 17.7 Å². The average molecular weight is 311 g/mol. The Morgan fingerprint density at radius 3 is 2.39 bits per heavy atom. The molecule has 23 heavy (non-hydrogen) atoms. The molecule has 3 rings (SSSR count). The number of benzene rings is 2. The molecule has 1 atom stereocenters. The summed E-state index contributed by atoms with van der Waals surface area (Å²) in [4.78, 5) is 24.5. The number of nitrogens with zero attached hydrogens (tertiary/aromatic N) is 2. The minimum atomic E-state index is -0.441. The van der Waals surface area contributed by atoms with Gasteiger partial charge in [0.2, 0.25) is 5.91 Å². The zero-order chi connectivity index (χ0) is 16.4. The fourth-order valence-electron chi connectivity index (χ4n) is 2.68. The number of rotatable bonds is 4. The lowest BCUT2D eigenvalue weighted by atomic mass is 10.2. The second-order valence-corrected chi connectivity index (χ2v) is 5.62. The fourth-order valence-corrected chi connectivity index (χ4v) is 2.68. The summed E-state index contributed by atoms with van der Waals surface area (Å²) in [5, 5.41) is 13.8. The molecule has 1 N–H and O–H groups in total. The van der Waals surface area contributed by atoms with Gasteiger partial charge in [-0.05, 0) is 37.6 Å². The molecule has 1 aliphatic rings. The summed E-state index contributed by atoms with van der Waals surface area (Å²) in [5.41, 5.74) is 2.80. The second kappa shape index (κ2) is 6.08. The number of anilines is 2. The molecule has 0 bridgehead atoms. The molecule has 0 aliphatic carbocycles. The number of nitrogens with one attached hydrogen (secondary N) is 1. The summed E-state index contributed by atoms with van der Waals surface area (Å²) in [6.07, 6.45) is 0.698. The maximum absolute atomic E-state index is 12.5. The Morgan fingerprint density at radius 1 is 1.13 bits per heavy atom. The number of carbonyl (C=O) groups excluding carboxylic acids is 1. The first-order valence-corrected chi connectivity index (χ1v) is 7.43. The molecule has 1 fully saturated rings. The van der Waals surface area contributed by atoms with Gasteiger partial charge in [-0.25, -0.2) is 0 Å². The largest absolute Gasteiger partial charge is 0.374 e. The highest BCUT2D eigenvalue weighted by Crippen LogP contribution is 2.24. The molecule has 1 unspecified atom stereocenters. The quantitative estimate of drug-likeness (QED) is 0.695. The molecular weight excluding hydrogens is 294 g/mol. The van der Waals surface area contributed by atoms with Crippen LogP contribution in [0.3, 0.4) is 0 Å². The van der Waals surface area contributed by atoms with Gasteiger partial charge in [0.05, 0.1) is 4.92 Å². The van der Waals surface area contributed by atoms with Crippen LogP contribution in [-0.4, -0.2) is 23.4 Å². The Morgan fingerprint density at radius 2 is 1.78 bits per heavy atom. The van der Waals surface area contributed by atoms with Gasteiger partial charge < -0.3 is 10.2 Å². The summed E-state index contributed by atoms with van der Waals surface area (Å²) < 4.78 is 0. The molecule has 0 radical (unpaired) electrons. The first-order valence-electron chi connectivity index (χ1n) is 7.43. The molecule has 0 aromatic heterocycles. The normalized spacial score (nSPS) is 17.3. The third kappa shape index (κ3) is 3.15. The van der Waals surface area contributed by atoms with Gasteiger partial charge in [-0.3, -0.25) is 14.9 Å². The maximum Gasteiger partial charge on any atom is 0.269 e. The van der Waals surface area contributed by atoms with Crippen LogP contribution >= 0.6 is 0 Å². The number of carbonyl (C=O) groups is 1. The van der Waals surface area contributed by atoms with Gasteiger partial charge in [-0.2, -0.15) is 0 Å². The molecule has 6 nitrogen and oxygen atoms in total. The van der Waals surface area contributed by atoms with Crippen LogP contribution in [0.25, 0.3) is 0 Å². The number of hydrogen-bond donors (Lipinski definition) is 1. The number of nitro benzene ring substituents is 1. The van der Waals surface area contributed by atoms with E-state index in [2.05, 4.69) is 5.32 Å². The summed E-state index contributed by atoms with van der Waals surface area (Å²) >= 11 is 0. The number of nitro groups is 1. The molecule has 1 saturated heterocycles. The van der Waals surface area contributed by atoms with E-state index in [9.17, 15) is 14.9 Å². The number of amides is 1. The maximum atomic E-state index is 12.5. The topological polar surface area (TPSA) is 75.5 Å². The SMILES string of the molecule is Cc1ccc(N2CCC(Nc3ccc([N+](=O)[O-])cc3)C2=O)cc1. The monoisotopic (exact) mass is 311 g/mol. The van der Waals surface area contributed by atoms with E-state index >= 15 is 0 Å². The van der Waals surface area contributed by atoms with E-state index in [1.807, 2.05) is 31.2 Å². The van der Waals surface area contributed by atoms with Crippen LogP contribution in [0.1, 0.15) is 12.0 Å². The van der Waals surface area contributed by atoms with Crippen molar-refractivity contribution >= 4 is 23.0 Å². The number of aryl methyl sites for hydroxylation is 1.